The first-order valence-electron chi connectivity index (χ1n) is 5.18. The van der Waals surface area contributed by atoms with Gasteiger partial charge in [-0.15, -0.1) is 0 Å². The summed E-state index contributed by atoms with van der Waals surface area (Å²) in [6.07, 6.45) is 3.23. The van der Waals surface area contributed by atoms with Gasteiger partial charge in [0.15, 0.2) is 5.79 Å². The van der Waals surface area contributed by atoms with Crippen molar-refractivity contribution in [2.24, 2.45) is 5.92 Å². The molecule has 2 aliphatic heterocycles. The molecule has 4 heteroatoms. The van der Waals surface area contributed by atoms with Crippen LogP contribution in [0.25, 0.3) is 0 Å². The standard InChI is InChI=1S/C11H16O4/c1-7-4-5-8(14-10(7)12)9-6-13-11(2,3)15-9/h4-5,7-9H,6H2,1-3H3/t7?,8?,9-/m1/s1. The average Bonchev–Trinajstić information content (AvgIpc) is 2.51. The van der Waals surface area contributed by atoms with Crippen LogP contribution in [0.15, 0.2) is 12.2 Å². The Morgan fingerprint density at radius 1 is 1.40 bits per heavy atom. The van der Waals surface area contributed by atoms with Gasteiger partial charge in [-0.05, 0) is 26.8 Å². The number of esters is 1. The fraction of sp³-hybridized carbons (Fsp3) is 0.727. The first kappa shape index (κ1) is 10.6. The van der Waals surface area contributed by atoms with E-state index in [4.69, 9.17) is 14.2 Å². The van der Waals surface area contributed by atoms with Crippen LogP contribution in [0.5, 0.6) is 0 Å². The van der Waals surface area contributed by atoms with Crippen molar-refractivity contribution in [3.8, 4) is 0 Å². The van der Waals surface area contributed by atoms with E-state index in [9.17, 15) is 4.79 Å². The third kappa shape index (κ3) is 2.21. The Morgan fingerprint density at radius 2 is 2.13 bits per heavy atom. The van der Waals surface area contributed by atoms with Crippen molar-refractivity contribution < 1.29 is 19.0 Å². The molecule has 0 saturated carbocycles. The number of hydrogen-bond donors (Lipinski definition) is 0. The topological polar surface area (TPSA) is 44.8 Å². The van der Waals surface area contributed by atoms with Crippen LogP contribution >= 0.6 is 0 Å². The maximum Gasteiger partial charge on any atom is 0.313 e. The van der Waals surface area contributed by atoms with Crippen LogP contribution in [-0.2, 0) is 19.0 Å². The zero-order valence-electron chi connectivity index (χ0n) is 9.23. The van der Waals surface area contributed by atoms with Crippen molar-refractivity contribution in [2.45, 2.75) is 38.8 Å². The van der Waals surface area contributed by atoms with E-state index in [2.05, 4.69) is 0 Å². The third-order valence-electron chi connectivity index (χ3n) is 2.61. The summed E-state index contributed by atoms with van der Waals surface area (Å²) < 4.78 is 16.3. The summed E-state index contributed by atoms with van der Waals surface area (Å²) in [6, 6.07) is 0. The summed E-state index contributed by atoms with van der Waals surface area (Å²) in [4.78, 5) is 11.4. The second-order valence-electron chi connectivity index (χ2n) is 4.44. The lowest BCUT2D eigenvalue weighted by atomic mass is 10.1. The molecule has 2 rings (SSSR count). The molecule has 2 unspecified atom stereocenters. The molecular formula is C11H16O4. The van der Waals surface area contributed by atoms with Gasteiger partial charge in [0.05, 0.1) is 12.5 Å². The first-order valence-corrected chi connectivity index (χ1v) is 5.18. The quantitative estimate of drug-likeness (QED) is 0.485. The first-order chi connectivity index (χ1) is 6.98. The summed E-state index contributed by atoms with van der Waals surface area (Å²) in [6.45, 7) is 5.97. The van der Waals surface area contributed by atoms with Gasteiger partial charge in [0.2, 0.25) is 0 Å². The molecule has 0 N–H and O–H groups in total. The molecule has 2 heterocycles. The third-order valence-corrected chi connectivity index (χ3v) is 2.61. The van der Waals surface area contributed by atoms with Crippen LogP contribution in [0, 0.1) is 5.92 Å². The molecule has 0 amide bonds. The maximum absolute atomic E-state index is 11.4. The lowest BCUT2D eigenvalue weighted by Crippen LogP contribution is -2.36. The summed E-state index contributed by atoms with van der Waals surface area (Å²) in [7, 11) is 0. The molecule has 0 radical (unpaired) electrons. The maximum atomic E-state index is 11.4. The number of rotatable bonds is 1. The highest BCUT2D eigenvalue weighted by Gasteiger charge is 2.39. The lowest BCUT2D eigenvalue weighted by molar-refractivity contribution is -0.169. The molecule has 0 aliphatic carbocycles. The highest BCUT2D eigenvalue weighted by Crippen LogP contribution is 2.27. The minimum Gasteiger partial charge on any atom is -0.455 e. The minimum absolute atomic E-state index is 0.156. The van der Waals surface area contributed by atoms with E-state index in [0.29, 0.717) is 6.61 Å². The normalized spacial score (nSPS) is 39.1. The summed E-state index contributed by atoms with van der Waals surface area (Å²) in [5, 5.41) is 0. The van der Waals surface area contributed by atoms with Crippen LogP contribution in [0.1, 0.15) is 20.8 Å². The van der Waals surface area contributed by atoms with E-state index >= 15 is 0 Å². The van der Waals surface area contributed by atoms with Crippen LogP contribution in [0.3, 0.4) is 0 Å². The lowest BCUT2D eigenvalue weighted by Gasteiger charge is -2.25. The predicted molar refractivity (Wildman–Crippen MR) is 53.1 cm³/mol. The SMILES string of the molecule is CC1C=CC([C@H]2COC(C)(C)O2)OC1=O. The Morgan fingerprint density at radius 3 is 2.67 bits per heavy atom. The van der Waals surface area contributed by atoms with Crippen LogP contribution in [0.2, 0.25) is 0 Å². The number of hydrogen-bond acceptors (Lipinski definition) is 4. The van der Waals surface area contributed by atoms with E-state index in [1.807, 2.05) is 32.9 Å². The van der Waals surface area contributed by atoms with Gasteiger partial charge in [0.25, 0.3) is 0 Å². The predicted octanol–water partition coefficient (Wildman–Crippen LogP) is 1.26. The largest absolute Gasteiger partial charge is 0.455 e. The molecule has 15 heavy (non-hydrogen) atoms. The molecule has 4 nitrogen and oxygen atoms in total. The molecule has 1 saturated heterocycles. The zero-order valence-corrected chi connectivity index (χ0v) is 9.23. The number of cyclic esters (lactones) is 1. The van der Waals surface area contributed by atoms with Gasteiger partial charge < -0.3 is 14.2 Å². The molecule has 3 atom stereocenters. The second kappa shape index (κ2) is 3.61. The van der Waals surface area contributed by atoms with Gasteiger partial charge in [0, 0.05) is 0 Å². The smallest absolute Gasteiger partial charge is 0.313 e. The van der Waals surface area contributed by atoms with Gasteiger partial charge in [-0.1, -0.05) is 6.08 Å². The molecular weight excluding hydrogens is 196 g/mol. The molecule has 0 aromatic heterocycles. The molecule has 84 valence electrons. The molecule has 0 bridgehead atoms. The van der Waals surface area contributed by atoms with E-state index in [-0.39, 0.29) is 24.1 Å². The van der Waals surface area contributed by atoms with Crippen molar-refractivity contribution in [3.63, 3.8) is 0 Å². The van der Waals surface area contributed by atoms with E-state index in [1.54, 1.807) is 0 Å². The molecule has 0 aromatic carbocycles. The van der Waals surface area contributed by atoms with Gasteiger partial charge in [0.1, 0.15) is 12.2 Å². The monoisotopic (exact) mass is 212 g/mol. The van der Waals surface area contributed by atoms with E-state index in [0.717, 1.165) is 0 Å². The molecule has 1 fully saturated rings. The fourth-order valence-electron chi connectivity index (χ4n) is 1.71. The van der Waals surface area contributed by atoms with Crippen LogP contribution in [-0.4, -0.2) is 30.6 Å². The van der Waals surface area contributed by atoms with E-state index < -0.39 is 5.79 Å². The zero-order chi connectivity index (χ0) is 11.1. The minimum atomic E-state index is -0.575. The Balaban J connectivity index is 2.02. The van der Waals surface area contributed by atoms with Crippen molar-refractivity contribution >= 4 is 5.97 Å². The van der Waals surface area contributed by atoms with Crippen molar-refractivity contribution in [2.75, 3.05) is 6.61 Å². The highest BCUT2D eigenvalue weighted by atomic mass is 16.7. The second-order valence-corrected chi connectivity index (χ2v) is 4.44. The molecule has 0 aromatic rings. The highest BCUT2D eigenvalue weighted by molar-refractivity contribution is 5.75. The van der Waals surface area contributed by atoms with Gasteiger partial charge in [-0.2, -0.15) is 0 Å². The number of ether oxygens (including phenoxy) is 3. The Kier molecular flexibility index (Phi) is 2.56. The number of carbonyl (C=O) groups excluding carboxylic acids is 1. The summed E-state index contributed by atoms with van der Waals surface area (Å²) in [5.74, 6) is -0.930. The van der Waals surface area contributed by atoms with Crippen molar-refractivity contribution in [1.82, 2.24) is 0 Å². The van der Waals surface area contributed by atoms with Crippen LogP contribution in [0.4, 0.5) is 0 Å². The van der Waals surface area contributed by atoms with Crippen LogP contribution < -0.4 is 0 Å². The average molecular weight is 212 g/mol. The Bertz CT molecular complexity index is 295. The Hall–Kier alpha value is -0.870. The summed E-state index contributed by atoms with van der Waals surface area (Å²) in [5.41, 5.74) is 0. The summed E-state index contributed by atoms with van der Waals surface area (Å²) >= 11 is 0. The number of carbonyl (C=O) groups is 1. The fourth-order valence-corrected chi connectivity index (χ4v) is 1.71. The van der Waals surface area contributed by atoms with Crippen molar-refractivity contribution in [1.29, 1.82) is 0 Å². The molecule has 0 spiro atoms. The van der Waals surface area contributed by atoms with Gasteiger partial charge in [-0.25, -0.2) is 0 Å². The van der Waals surface area contributed by atoms with E-state index in [1.165, 1.54) is 0 Å². The van der Waals surface area contributed by atoms with Gasteiger partial charge >= 0.3 is 5.97 Å². The van der Waals surface area contributed by atoms with Gasteiger partial charge in [-0.3, -0.25) is 4.79 Å². The Labute approximate surface area is 89.2 Å². The molecule has 2 aliphatic rings. The van der Waals surface area contributed by atoms with Crippen molar-refractivity contribution in [3.05, 3.63) is 12.2 Å².